The molecule has 1 aliphatic heterocycles. The highest BCUT2D eigenvalue weighted by molar-refractivity contribution is 5.85. The van der Waals surface area contributed by atoms with E-state index < -0.39 is 0 Å². The minimum atomic E-state index is -0.0330. The van der Waals surface area contributed by atoms with Gasteiger partial charge in [-0.2, -0.15) is 0 Å². The van der Waals surface area contributed by atoms with Gasteiger partial charge < -0.3 is 15.1 Å². The third-order valence-corrected chi connectivity index (χ3v) is 4.98. The first-order chi connectivity index (χ1) is 11.6. The first-order valence-corrected chi connectivity index (χ1v) is 9.00. The largest absolute Gasteiger partial charge is 0.352 e. The Bertz CT molecular complexity index is 579. The Hall–Kier alpha value is -2.04. The average Bonchev–Trinajstić information content (AvgIpc) is 2.91. The molecule has 2 fully saturated rings. The standard InChI is InChI=1S/C19H27N3O2/c1-15-7-9-16(10-8-15)13-21-11-12-22(19(21)24)14-18(23)20-17-5-3-2-4-6-17/h7-10,17H,2-6,11-14H2,1H3,(H,20,23). The smallest absolute Gasteiger partial charge is 0.320 e. The van der Waals surface area contributed by atoms with Crippen LogP contribution in [0.3, 0.4) is 0 Å². The Kier molecular flexibility index (Phi) is 5.38. The first kappa shape index (κ1) is 16.8. The van der Waals surface area contributed by atoms with Gasteiger partial charge in [0.1, 0.15) is 6.54 Å². The fourth-order valence-corrected chi connectivity index (χ4v) is 3.53. The summed E-state index contributed by atoms with van der Waals surface area (Å²) in [5, 5.41) is 3.09. The number of amides is 3. The van der Waals surface area contributed by atoms with Crippen molar-refractivity contribution in [2.75, 3.05) is 19.6 Å². The number of rotatable bonds is 5. The van der Waals surface area contributed by atoms with Gasteiger partial charge in [0.25, 0.3) is 0 Å². The Morgan fingerprint density at radius 1 is 1.08 bits per heavy atom. The second-order valence-corrected chi connectivity index (χ2v) is 7.01. The van der Waals surface area contributed by atoms with Gasteiger partial charge in [-0.25, -0.2) is 4.79 Å². The molecule has 0 radical (unpaired) electrons. The van der Waals surface area contributed by atoms with Crippen LogP contribution in [0.4, 0.5) is 4.79 Å². The highest BCUT2D eigenvalue weighted by Crippen LogP contribution is 2.18. The van der Waals surface area contributed by atoms with Crippen molar-refractivity contribution in [3.8, 4) is 0 Å². The SMILES string of the molecule is Cc1ccc(CN2CCN(CC(=O)NC3CCCCC3)C2=O)cc1. The number of aryl methyl sites for hydroxylation is 1. The Morgan fingerprint density at radius 3 is 2.46 bits per heavy atom. The van der Waals surface area contributed by atoms with Crippen molar-refractivity contribution >= 4 is 11.9 Å². The number of hydrogen-bond donors (Lipinski definition) is 1. The summed E-state index contributed by atoms with van der Waals surface area (Å²) in [6.07, 6.45) is 5.79. The second-order valence-electron chi connectivity index (χ2n) is 7.01. The Balaban J connectivity index is 1.48. The summed E-state index contributed by atoms with van der Waals surface area (Å²) in [5.74, 6) is -0.0209. The molecule has 5 nitrogen and oxygen atoms in total. The van der Waals surface area contributed by atoms with Crippen LogP contribution >= 0.6 is 0 Å². The van der Waals surface area contributed by atoms with Crippen molar-refractivity contribution < 1.29 is 9.59 Å². The summed E-state index contributed by atoms with van der Waals surface area (Å²) in [6.45, 7) is 4.16. The molecule has 3 amide bonds. The molecule has 0 unspecified atom stereocenters. The molecule has 2 aliphatic rings. The predicted molar refractivity (Wildman–Crippen MR) is 93.6 cm³/mol. The van der Waals surface area contributed by atoms with Gasteiger partial charge in [-0.1, -0.05) is 49.1 Å². The lowest BCUT2D eigenvalue weighted by molar-refractivity contribution is -0.122. The minimum absolute atomic E-state index is 0.0209. The Labute approximate surface area is 144 Å². The van der Waals surface area contributed by atoms with E-state index in [4.69, 9.17) is 0 Å². The average molecular weight is 329 g/mol. The highest BCUT2D eigenvalue weighted by atomic mass is 16.2. The maximum absolute atomic E-state index is 12.5. The van der Waals surface area contributed by atoms with Crippen molar-refractivity contribution in [3.63, 3.8) is 0 Å². The number of benzene rings is 1. The van der Waals surface area contributed by atoms with Gasteiger partial charge >= 0.3 is 6.03 Å². The molecule has 130 valence electrons. The number of carbonyl (C=O) groups excluding carboxylic acids is 2. The fraction of sp³-hybridized carbons (Fsp3) is 0.579. The van der Waals surface area contributed by atoms with Crippen LogP contribution < -0.4 is 5.32 Å². The molecule has 3 rings (SSSR count). The molecule has 5 heteroatoms. The van der Waals surface area contributed by atoms with Crippen molar-refractivity contribution in [2.24, 2.45) is 0 Å². The molecule has 1 heterocycles. The summed E-state index contributed by atoms with van der Waals surface area (Å²) < 4.78 is 0. The first-order valence-electron chi connectivity index (χ1n) is 9.00. The molecule has 1 saturated carbocycles. The van der Waals surface area contributed by atoms with E-state index in [9.17, 15) is 9.59 Å². The minimum Gasteiger partial charge on any atom is -0.352 e. The summed E-state index contributed by atoms with van der Waals surface area (Å²) >= 11 is 0. The van der Waals surface area contributed by atoms with E-state index >= 15 is 0 Å². The van der Waals surface area contributed by atoms with E-state index in [2.05, 4.69) is 36.5 Å². The number of urea groups is 1. The normalized spacial score (nSPS) is 19.0. The van der Waals surface area contributed by atoms with E-state index in [0.717, 1.165) is 18.4 Å². The molecule has 1 aromatic carbocycles. The quantitative estimate of drug-likeness (QED) is 0.903. The second kappa shape index (κ2) is 7.69. The van der Waals surface area contributed by atoms with Gasteiger partial charge in [0.2, 0.25) is 5.91 Å². The van der Waals surface area contributed by atoms with Gasteiger partial charge in [0, 0.05) is 25.7 Å². The lowest BCUT2D eigenvalue weighted by Crippen LogP contribution is -2.44. The van der Waals surface area contributed by atoms with Crippen LogP contribution in [0.2, 0.25) is 0 Å². The zero-order chi connectivity index (χ0) is 16.9. The number of carbonyl (C=O) groups is 2. The van der Waals surface area contributed by atoms with E-state index in [1.165, 1.54) is 24.8 Å². The van der Waals surface area contributed by atoms with Crippen LogP contribution in [0.25, 0.3) is 0 Å². The maximum atomic E-state index is 12.5. The molecule has 1 aliphatic carbocycles. The van der Waals surface area contributed by atoms with Crippen molar-refractivity contribution in [1.29, 1.82) is 0 Å². The van der Waals surface area contributed by atoms with Crippen molar-refractivity contribution in [3.05, 3.63) is 35.4 Å². The van der Waals surface area contributed by atoms with Gasteiger partial charge in [-0.05, 0) is 25.3 Å². The molecule has 0 bridgehead atoms. The third-order valence-electron chi connectivity index (χ3n) is 4.98. The van der Waals surface area contributed by atoms with Gasteiger partial charge in [-0.3, -0.25) is 4.79 Å². The van der Waals surface area contributed by atoms with Crippen LogP contribution in [0.5, 0.6) is 0 Å². The zero-order valence-corrected chi connectivity index (χ0v) is 14.5. The van der Waals surface area contributed by atoms with Crippen molar-refractivity contribution in [1.82, 2.24) is 15.1 Å². The number of nitrogens with one attached hydrogen (secondary N) is 1. The van der Waals surface area contributed by atoms with Gasteiger partial charge in [0.05, 0.1) is 0 Å². The van der Waals surface area contributed by atoms with E-state index in [1.807, 2.05) is 4.90 Å². The molecule has 1 aromatic rings. The van der Waals surface area contributed by atoms with Gasteiger partial charge in [0.15, 0.2) is 0 Å². The van der Waals surface area contributed by atoms with Crippen LogP contribution in [0.15, 0.2) is 24.3 Å². The monoisotopic (exact) mass is 329 g/mol. The molecule has 0 atom stereocenters. The molecule has 1 saturated heterocycles. The lowest BCUT2D eigenvalue weighted by Gasteiger charge is -2.24. The Morgan fingerprint density at radius 2 is 1.75 bits per heavy atom. The van der Waals surface area contributed by atoms with E-state index in [-0.39, 0.29) is 18.5 Å². The van der Waals surface area contributed by atoms with Gasteiger partial charge in [-0.15, -0.1) is 0 Å². The van der Waals surface area contributed by atoms with Crippen LogP contribution in [-0.4, -0.2) is 47.4 Å². The highest BCUT2D eigenvalue weighted by Gasteiger charge is 2.30. The zero-order valence-electron chi connectivity index (χ0n) is 14.5. The summed E-state index contributed by atoms with van der Waals surface area (Å²) in [7, 11) is 0. The molecular weight excluding hydrogens is 302 g/mol. The lowest BCUT2D eigenvalue weighted by atomic mass is 9.95. The summed E-state index contributed by atoms with van der Waals surface area (Å²) in [6, 6.07) is 8.50. The van der Waals surface area contributed by atoms with Crippen LogP contribution in [0, 0.1) is 6.92 Å². The van der Waals surface area contributed by atoms with Crippen LogP contribution in [0.1, 0.15) is 43.2 Å². The molecular formula is C19H27N3O2. The number of hydrogen-bond acceptors (Lipinski definition) is 2. The van der Waals surface area contributed by atoms with E-state index in [0.29, 0.717) is 25.7 Å². The molecule has 0 aromatic heterocycles. The topological polar surface area (TPSA) is 52.6 Å². The fourth-order valence-electron chi connectivity index (χ4n) is 3.53. The molecule has 24 heavy (non-hydrogen) atoms. The van der Waals surface area contributed by atoms with Crippen molar-refractivity contribution in [2.45, 2.75) is 51.6 Å². The molecule has 0 spiro atoms. The summed E-state index contributed by atoms with van der Waals surface area (Å²) in [4.78, 5) is 28.1. The third kappa shape index (κ3) is 4.28. The predicted octanol–water partition coefficient (Wildman–Crippen LogP) is 2.68. The maximum Gasteiger partial charge on any atom is 0.320 e. The number of nitrogens with zero attached hydrogens (tertiary/aromatic N) is 2. The van der Waals surface area contributed by atoms with E-state index in [1.54, 1.807) is 4.90 Å². The molecule has 1 N–H and O–H groups in total. The summed E-state index contributed by atoms with van der Waals surface area (Å²) in [5.41, 5.74) is 2.34. The van der Waals surface area contributed by atoms with Crippen LogP contribution in [-0.2, 0) is 11.3 Å².